The number of halogens is 1. The van der Waals surface area contributed by atoms with Crippen molar-refractivity contribution in [1.29, 1.82) is 0 Å². The van der Waals surface area contributed by atoms with Crippen LogP contribution in [-0.4, -0.2) is 35.5 Å². The fourth-order valence-electron chi connectivity index (χ4n) is 4.47. The molecule has 3 saturated heterocycles. The molecular formula is C22H27ClN2O2. The smallest absolute Gasteiger partial charge is 0.224 e. The zero-order valence-corrected chi connectivity index (χ0v) is 16.3. The lowest BCUT2D eigenvalue weighted by atomic mass is 9.77. The number of amides is 1. The maximum atomic E-state index is 12.6. The van der Waals surface area contributed by atoms with Crippen LogP contribution in [0.25, 0.3) is 11.1 Å². The molecule has 0 radical (unpaired) electrons. The largest absolute Gasteiger partial charge is 0.392 e. The molecule has 144 valence electrons. The van der Waals surface area contributed by atoms with Crippen LogP contribution in [-0.2, 0) is 11.4 Å². The van der Waals surface area contributed by atoms with Crippen molar-refractivity contribution in [1.82, 2.24) is 4.90 Å². The van der Waals surface area contributed by atoms with Gasteiger partial charge in [0.2, 0.25) is 5.91 Å². The number of nitrogens with one attached hydrogen (secondary N) is 1. The number of anilines is 1. The summed E-state index contributed by atoms with van der Waals surface area (Å²) >= 11 is 0. The van der Waals surface area contributed by atoms with Crippen LogP contribution >= 0.6 is 12.4 Å². The fourth-order valence-corrected chi connectivity index (χ4v) is 4.47. The maximum Gasteiger partial charge on any atom is 0.224 e. The Bertz CT molecular complexity index is 787. The standard InChI is InChI=1S/C22H26N2O2.ClH/c25-15-18-4-1-2-7-21(18)17-5-3-6-20(12-17)23-22(26)13-19-14-24-10-8-16(19)9-11-24;/h1-7,12,16,19,25H,8-11,13-15H2,(H,23,26);1H. The Morgan fingerprint density at radius 1 is 1.11 bits per heavy atom. The molecule has 5 heteroatoms. The van der Waals surface area contributed by atoms with Crippen LogP contribution in [0.5, 0.6) is 0 Å². The van der Waals surface area contributed by atoms with E-state index in [4.69, 9.17) is 0 Å². The number of hydrogen-bond acceptors (Lipinski definition) is 3. The molecule has 0 aliphatic carbocycles. The highest BCUT2D eigenvalue weighted by Crippen LogP contribution is 2.34. The summed E-state index contributed by atoms with van der Waals surface area (Å²) in [6.45, 7) is 3.48. The molecule has 0 spiro atoms. The topological polar surface area (TPSA) is 52.6 Å². The van der Waals surface area contributed by atoms with E-state index in [1.807, 2.05) is 48.5 Å². The van der Waals surface area contributed by atoms with Crippen molar-refractivity contribution in [2.24, 2.45) is 11.8 Å². The van der Waals surface area contributed by atoms with Crippen LogP contribution in [0.3, 0.4) is 0 Å². The maximum absolute atomic E-state index is 12.6. The second-order valence-electron chi connectivity index (χ2n) is 7.55. The lowest BCUT2D eigenvalue weighted by molar-refractivity contribution is -0.118. The number of hydrogen-bond donors (Lipinski definition) is 2. The highest BCUT2D eigenvalue weighted by Gasteiger charge is 2.34. The summed E-state index contributed by atoms with van der Waals surface area (Å²) in [6.07, 6.45) is 3.09. The lowest BCUT2D eigenvalue weighted by Crippen LogP contribution is -2.48. The number of carbonyl (C=O) groups is 1. The van der Waals surface area contributed by atoms with E-state index >= 15 is 0 Å². The minimum absolute atomic E-state index is 0. The van der Waals surface area contributed by atoms with Crippen LogP contribution in [0.1, 0.15) is 24.8 Å². The van der Waals surface area contributed by atoms with E-state index < -0.39 is 0 Å². The van der Waals surface area contributed by atoms with Gasteiger partial charge in [-0.05, 0) is 66.6 Å². The van der Waals surface area contributed by atoms with Crippen molar-refractivity contribution >= 4 is 24.0 Å². The fraction of sp³-hybridized carbons (Fsp3) is 0.409. The number of benzene rings is 2. The van der Waals surface area contributed by atoms with Crippen LogP contribution in [0, 0.1) is 11.8 Å². The number of piperidine rings is 3. The lowest BCUT2D eigenvalue weighted by Gasteiger charge is -2.44. The molecule has 0 aromatic heterocycles. The third-order valence-electron chi connectivity index (χ3n) is 5.88. The average Bonchev–Trinajstić information content (AvgIpc) is 2.69. The van der Waals surface area contributed by atoms with E-state index in [0.717, 1.165) is 28.9 Å². The van der Waals surface area contributed by atoms with Crippen molar-refractivity contribution in [3.05, 3.63) is 54.1 Å². The van der Waals surface area contributed by atoms with Gasteiger partial charge < -0.3 is 15.3 Å². The first-order valence-electron chi connectivity index (χ1n) is 9.54. The van der Waals surface area contributed by atoms with Crippen LogP contribution in [0.15, 0.2) is 48.5 Å². The van der Waals surface area contributed by atoms with Crippen LogP contribution in [0.4, 0.5) is 5.69 Å². The second-order valence-corrected chi connectivity index (χ2v) is 7.55. The third kappa shape index (κ3) is 4.52. The Labute approximate surface area is 167 Å². The number of aliphatic hydroxyl groups excluding tert-OH is 1. The Hall–Kier alpha value is -1.88. The number of rotatable bonds is 5. The van der Waals surface area contributed by atoms with Gasteiger partial charge in [-0.2, -0.15) is 0 Å². The van der Waals surface area contributed by atoms with Crippen molar-refractivity contribution in [3.63, 3.8) is 0 Å². The van der Waals surface area contributed by atoms with Gasteiger partial charge in [-0.1, -0.05) is 36.4 Å². The van der Waals surface area contributed by atoms with E-state index in [1.165, 1.54) is 25.9 Å². The van der Waals surface area contributed by atoms with Gasteiger partial charge in [0.05, 0.1) is 6.61 Å². The average molecular weight is 387 g/mol. The molecule has 5 rings (SSSR count). The van der Waals surface area contributed by atoms with E-state index in [1.54, 1.807) is 0 Å². The van der Waals surface area contributed by atoms with Crippen molar-refractivity contribution in [3.8, 4) is 11.1 Å². The molecule has 3 heterocycles. The Kier molecular flexibility index (Phi) is 6.53. The highest BCUT2D eigenvalue weighted by molar-refractivity contribution is 5.91. The Morgan fingerprint density at radius 2 is 1.89 bits per heavy atom. The van der Waals surface area contributed by atoms with Crippen molar-refractivity contribution in [2.45, 2.75) is 25.9 Å². The number of aliphatic hydroxyl groups is 1. The van der Waals surface area contributed by atoms with E-state index in [2.05, 4.69) is 10.2 Å². The molecular weight excluding hydrogens is 360 g/mol. The normalized spacial score (nSPS) is 23.5. The molecule has 2 aromatic rings. The molecule has 3 fully saturated rings. The first-order valence-corrected chi connectivity index (χ1v) is 9.54. The van der Waals surface area contributed by atoms with Gasteiger partial charge >= 0.3 is 0 Å². The first-order chi connectivity index (χ1) is 12.7. The van der Waals surface area contributed by atoms with Gasteiger partial charge in [-0.25, -0.2) is 0 Å². The van der Waals surface area contributed by atoms with Crippen LogP contribution in [0.2, 0.25) is 0 Å². The quantitative estimate of drug-likeness (QED) is 0.818. The first kappa shape index (κ1) is 19.9. The number of nitrogens with zero attached hydrogens (tertiary/aromatic N) is 1. The summed E-state index contributed by atoms with van der Waals surface area (Å²) in [5.74, 6) is 1.32. The predicted octanol–water partition coefficient (Wildman–Crippen LogP) is 3.94. The monoisotopic (exact) mass is 386 g/mol. The molecule has 3 aliphatic heterocycles. The summed E-state index contributed by atoms with van der Waals surface area (Å²) in [5.41, 5.74) is 3.73. The van der Waals surface area contributed by atoms with E-state index in [-0.39, 0.29) is 24.9 Å². The SMILES string of the molecule is Cl.O=C(CC1CN2CCC1CC2)Nc1cccc(-c2ccccc2CO)c1. The third-order valence-corrected chi connectivity index (χ3v) is 5.88. The zero-order chi connectivity index (χ0) is 17.9. The molecule has 2 bridgehead atoms. The van der Waals surface area contributed by atoms with E-state index in [9.17, 15) is 9.90 Å². The van der Waals surface area contributed by atoms with E-state index in [0.29, 0.717) is 18.3 Å². The summed E-state index contributed by atoms with van der Waals surface area (Å²) < 4.78 is 0. The number of carbonyl (C=O) groups excluding carboxylic acids is 1. The van der Waals surface area contributed by atoms with Gasteiger partial charge in [0.15, 0.2) is 0 Å². The highest BCUT2D eigenvalue weighted by atomic mass is 35.5. The number of fused-ring (bicyclic) bond motifs is 3. The zero-order valence-electron chi connectivity index (χ0n) is 15.4. The molecule has 2 N–H and O–H groups in total. The minimum Gasteiger partial charge on any atom is -0.392 e. The minimum atomic E-state index is 0. The summed E-state index contributed by atoms with van der Waals surface area (Å²) in [4.78, 5) is 15.0. The van der Waals surface area contributed by atoms with Crippen molar-refractivity contribution < 1.29 is 9.90 Å². The predicted molar refractivity (Wildman–Crippen MR) is 111 cm³/mol. The molecule has 3 aliphatic rings. The van der Waals surface area contributed by atoms with Crippen molar-refractivity contribution in [2.75, 3.05) is 25.0 Å². The van der Waals surface area contributed by atoms with Gasteiger partial charge in [0.25, 0.3) is 0 Å². The van der Waals surface area contributed by atoms with Gasteiger partial charge in [0, 0.05) is 18.7 Å². The Balaban J connectivity index is 0.00000210. The summed E-state index contributed by atoms with van der Waals surface area (Å²) in [7, 11) is 0. The molecule has 0 saturated carbocycles. The van der Waals surface area contributed by atoms with Crippen LogP contribution < -0.4 is 5.32 Å². The molecule has 1 amide bonds. The second kappa shape index (κ2) is 8.87. The van der Waals surface area contributed by atoms with Gasteiger partial charge in [-0.15, -0.1) is 12.4 Å². The van der Waals surface area contributed by atoms with Gasteiger partial charge in [0.1, 0.15) is 0 Å². The molecule has 1 unspecified atom stereocenters. The molecule has 1 atom stereocenters. The van der Waals surface area contributed by atoms with Gasteiger partial charge in [-0.3, -0.25) is 4.79 Å². The summed E-state index contributed by atoms with van der Waals surface area (Å²) in [5, 5.41) is 12.6. The molecule has 4 nitrogen and oxygen atoms in total. The summed E-state index contributed by atoms with van der Waals surface area (Å²) in [6, 6.07) is 15.7. The molecule has 2 aromatic carbocycles. The Morgan fingerprint density at radius 3 is 2.59 bits per heavy atom. The molecule has 27 heavy (non-hydrogen) atoms.